The molecule has 38 heavy (non-hydrogen) atoms. The minimum absolute atomic E-state index is 0.0288. The molecule has 198 valence electrons. The van der Waals surface area contributed by atoms with Crippen LogP contribution in [0.4, 0.5) is 16.2 Å². The zero-order valence-corrected chi connectivity index (χ0v) is 22.5. The van der Waals surface area contributed by atoms with Crippen LogP contribution in [0, 0.1) is 20.8 Å². The molecule has 0 radical (unpaired) electrons. The van der Waals surface area contributed by atoms with E-state index in [2.05, 4.69) is 34.5 Å². The lowest BCUT2D eigenvalue weighted by atomic mass is 9.91. The molecule has 7 nitrogen and oxygen atoms in total. The minimum atomic E-state index is -0.888. The Balaban J connectivity index is 1.46. The van der Waals surface area contributed by atoms with Crippen molar-refractivity contribution in [3.8, 4) is 11.1 Å². The third kappa shape index (κ3) is 4.52. The van der Waals surface area contributed by atoms with E-state index in [0.29, 0.717) is 0 Å². The van der Waals surface area contributed by atoms with Crippen molar-refractivity contribution in [1.29, 1.82) is 0 Å². The highest BCUT2D eigenvalue weighted by Gasteiger charge is 2.31. The first-order chi connectivity index (χ1) is 18.3. The van der Waals surface area contributed by atoms with Gasteiger partial charge in [0.25, 0.3) is 0 Å². The summed E-state index contributed by atoms with van der Waals surface area (Å²) in [5.74, 6) is -0.917. The molecule has 0 unspecified atom stereocenters. The van der Waals surface area contributed by atoms with Gasteiger partial charge >= 0.3 is 12.1 Å². The molecule has 0 spiro atoms. The highest BCUT2D eigenvalue weighted by molar-refractivity contribution is 5.93. The number of rotatable bonds is 6. The van der Waals surface area contributed by atoms with Crippen LogP contribution in [0.5, 0.6) is 0 Å². The summed E-state index contributed by atoms with van der Waals surface area (Å²) in [6.45, 7) is 9.52. The Morgan fingerprint density at radius 1 is 0.947 bits per heavy atom. The Bertz CT molecular complexity index is 1350. The SMILES string of the molecule is Cc1c(CC(=O)O)c(C)c(N(C)C(=O)OCC2c3ccccc3-c3ccccc32)c(C)c1N1CCNCC1. The monoisotopic (exact) mass is 513 g/mol. The zero-order chi connectivity index (χ0) is 27.0. The van der Waals surface area contributed by atoms with Gasteiger partial charge in [-0.1, -0.05) is 48.5 Å². The topological polar surface area (TPSA) is 82.1 Å². The molecule has 1 aliphatic heterocycles. The van der Waals surface area contributed by atoms with Gasteiger partial charge in [-0.05, 0) is 65.3 Å². The third-order valence-corrected chi connectivity index (χ3v) is 8.03. The van der Waals surface area contributed by atoms with Crippen molar-refractivity contribution in [2.45, 2.75) is 33.1 Å². The predicted molar refractivity (Wildman–Crippen MR) is 151 cm³/mol. The summed E-state index contributed by atoms with van der Waals surface area (Å²) in [4.78, 5) is 29.1. The molecule has 0 atom stereocenters. The summed E-state index contributed by atoms with van der Waals surface area (Å²) < 4.78 is 5.95. The van der Waals surface area contributed by atoms with Gasteiger partial charge in [-0.3, -0.25) is 9.69 Å². The van der Waals surface area contributed by atoms with Crippen molar-refractivity contribution in [3.63, 3.8) is 0 Å². The molecule has 1 heterocycles. The molecule has 0 bridgehead atoms. The molecule has 7 heteroatoms. The number of nitrogens with zero attached hydrogens (tertiary/aromatic N) is 2. The van der Waals surface area contributed by atoms with Gasteiger partial charge in [0.2, 0.25) is 0 Å². The number of carbonyl (C=O) groups excluding carboxylic acids is 1. The number of amides is 1. The maximum absolute atomic E-state index is 13.5. The summed E-state index contributed by atoms with van der Waals surface area (Å²) in [6.07, 6.45) is -0.544. The summed E-state index contributed by atoms with van der Waals surface area (Å²) >= 11 is 0. The number of ether oxygens (including phenoxy) is 1. The summed E-state index contributed by atoms with van der Waals surface area (Å²) in [5, 5.41) is 13.0. The number of piperazine rings is 1. The summed E-state index contributed by atoms with van der Waals surface area (Å²) in [7, 11) is 1.72. The molecule has 3 aromatic rings. The lowest BCUT2D eigenvalue weighted by Gasteiger charge is -2.35. The Hall–Kier alpha value is -3.84. The van der Waals surface area contributed by atoms with E-state index < -0.39 is 12.1 Å². The van der Waals surface area contributed by atoms with Gasteiger partial charge < -0.3 is 20.1 Å². The molecule has 0 aromatic heterocycles. The van der Waals surface area contributed by atoms with E-state index in [1.165, 1.54) is 11.1 Å². The fourth-order valence-electron chi connectivity index (χ4n) is 6.31. The standard InChI is InChI=1S/C31H35N3O4/c1-19-26(17-28(35)36)20(2)30(34-15-13-32-14-16-34)21(3)29(19)33(4)31(37)38-18-27-24-11-7-5-9-22(24)23-10-6-8-12-25(23)27/h5-12,27,32H,13-18H2,1-4H3,(H,35,36). The lowest BCUT2D eigenvalue weighted by molar-refractivity contribution is -0.136. The molecule has 3 aromatic carbocycles. The molecule has 0 saturated carbocycles. The number of carbonyl (C=O) groups is 2. The van der Waals surface area contributed by atoms with Crippen molar-refractivity contribution < 1.29 is 19.4 Å². The van der Waals surface area contributed by atoms with E-state index in [1.54, 1.807) is 11.9 Å². The first-order valence-electron chi connectivity index (χ1n) is 13.2. The maximum atomic E-state index is 13.5. The van der Waals surface area contributed by atoms with Crippen molar-refractivity contribution in [2.75, 3.05) is 49.6 Å². The first-order valence-corrected chi connectivity index (χ1v) is 13.2. The van der Waals surface area contributed by atoms with Crippen LogP contribution in [-0.2, 0) is 16.0 Å². The van der Waals surface area contributed by atoms with Gasteiger partial charge in [0.05, 0.1) is 12.1 Å². The summed E-state index contributed by atoms with van der Waals surface area (Å²) in [5.41, 5.74) is 9.92. The largest absolute Gasteiger partial charge is 0.481 e. The number of fused-ring (bicyclic) bond motifs is 3. The van der Waals surface area contributed by atoms with Gasteiger partial charge in [-0.15, -0.1) is 0 Å². The van der Waals surface area contributed by atoms with Gasteiger partial charge in [-0.2, -0.15) is 0 Å². The van der Waals surface area contributed by atoms with Crippen molar-refractivity contribution >= 4 is 23.4 Å². The molecular weight excluding hydrogens is 478 g/mol. The van der Waals surface area contributed by atoms with E-state index in [-0.39, 0.29) is 18.9 Å². The van der Waals surface area contributed by atoms with Gasteiger partial charge in [0.1, 0.15) is 6.61 Å². The Morgan fingerprint density at radius 3 is 2.11 bits per heavy atom. The van der Waals surface area contributed by atoms with Crippen LogP contribution in [0.1, 0.15) is 39.3 Å². The van der Waals surface area contributed by atoms with Crippen LogP contribution in [-0.4, -0.2) is 57.0 Å². The fourth-order valence-corrected chi connectivity index (χ4v) is 6.31. The molecule has 2 N–H and O–H groups in total. The number of carboxylic acids is 1. The van der Waals surface area contributed by atoms with E-state index in [4.69, 9.17) is 4.74 Å². The molecule has 1 fully saturated rings. The first kappa shape index (κ1) is 25.8. The molecule has 1 amide bonds. The van der Waals surface area contributed by atoms with E-state index in [1.807, 2.05) is 45.0 Å². The Morgan fingerprint density at radius 2 is 1.53 bits per heavy atom. The van der Waals surface area contributed by atoms with Crippen LogP contribution in [0.2, 0.25) is 0 Å². The molecule has 1 saturated heterocycles. The number of hydrogen-bond donors (Lipinski definition) is 2. The van der Waals surface area contributed by atoms with Crippen LogP contribution in [0.25, 0.3) is 11.1 Å². The van der Waals surface area contributed by atoms with Gasteiger partial charge in [0.15, 0.2) is 0 Å². The second-order valence-corrected chi connectivity index (χ2v) is 10.2. The normalized spacial score (nSPS) is 14.7. The van der Waals surface area contributed by atoms with Crippen LogP contribution >= 0.6 is 0 Å². The van der Waals surface area contributed by atoms with Crippen molar-refractivity contribution in [1.82, 2.24) is 5.32 Å². The highest BCUT2D eigenvalue weighted by Crippen LogP contribution is 2.45. The van der Waals surface area contributed by atoms with Crippen molar-refractivity contribution in [2.24, 2.45) is 0 Å². The second-order valence-electron chi connectivity index (χ2n) is 10.2. The minimum Gasteiger partial charge on any atom is -0.481 e. The van der Waals surface area contributed by atoms with Gasteiger partial charge in [0, 0.05) is 44.8 Å². The Labute approximate surface area is 224 Å². The molecule has 1 aliphatic carbocycles. The number of hydrogen-bond acceptors (Lipinski definition) is 5. The van der Waals surface area contributed by atoms with Crippen molar-refractivity contribution in [3.05, 3.63) is 81.9 Å². The van der Waals surface area contributed by atoms with E-state index in [0.717, 1.165) is 70.9 Å². The average molecular weight is 514 g/mol. The van der Waals surface area contributed by atoms with Crippen LogP contribution in [0.15, 0.2) is 48.5 Å². The predicted octanol–water partition coefficient (Wildman–Crippen LogP) is 5.03. The van der Waals surface area contributed by atoms with Crippen LogP contribution in [0.3, 0.4) is 0 Å². The van der Waals surface area contributed by atoms with E-state index in [9.17, 15) is 14.7 Å². The second kappa shape index (κ2) is 10.5. The average Bonchev–Trinajstić information content (AvgIpc) is 3.24. The zero-order valence-electron chi connectivity index (χ0n) is 22.5. The van der Waals surface area contributed by atoms with E-state index >= 15 is 0 Å². The summed E-state index contributed by atoms with van der Waals surface area (Å²) in [6, 6.07) is 16.5. The molecule has 2 aliphatic rings. The lowest BCUT2D eigenvalue weighted by Crippen LogP contribution is -2.44. The highest BCUT2D eigenvalue weighted by atomic mass is 16.6. The Kier molecular flexibility index (Phi) is 7.13. The third-order valence-electron chi connectivity index (χ3n) is 8.03. The van der Waals surface area contributed by atoms with Gasteiger partial charge in [-0.25, -0.2) is 4.79 Å². The number of anilines is 2. The number of aliphatic carboxylic acids is 1. The molecule has 5 rings (SSSR count). The molecular formula is C31H35N3O4. The fraction of sp³-hybridized carbons (Fsp3) is 0.355. The smallest absolute Gasteiger partial charge is 0.414 e. The van der Waals surface area contributed by atoms with Crippen LogP contribution < -0.4 is 15.1 Å². The maximum Gasteiger partial charge on any atom is 0.414 e. The number of nitrogens with one attached hydrogen (secondary N) is 1. The number of benzene rings is 3. The number of carboxylic acid groups (broad SMARTS) is 1. The quantitative estimate of drug-likeness (QED) is 0.481.